The Morgan fingerprint density at radius 3 is 2.21 bits per heavy atom. The lowest BCUT2D eigenvalue weighted by Gasteiger charge is -2.11. The van der Waals surface area contributed by atoms with Gasteiger partial charge in [0.2, 0.25) is 11.6 Å². The van der Waals surface area contributed by atoms with E-state index in [1.165, 1.54) is 28.8 Å². The fourth-order valence-electron chi connectivity index (χ4n) is 4.03. The van der Waals surface area contributed by atoms with E-state index < -0.39 is 29.8 Å². The van der Waals surface area contributed by atoms with E-state index in [4.69, 9.17) is 11.7 Å². The highest BCUT2D eigenvalue weighted by atomic mass is 79.9. The van der Waals surface area contributed by atoms with Crippen LogP contribution in [0.1, 0.15) is 21.5 Å². The van der Waals surface area contributed by atoms with Crippen LogP contribution < -0.4 is 32.8 Å². The zero-order valence-corrected chi connectivity index (χ0v) is 23.0. The van der Waals surface area contributed by atoms with Crippen LogP contribution in [0.4, 0.5) is 32.0 Å². The van der Waals surface area contributed by atoms with E-state index in [0.717, 1.165) is 24.3 Å². The van der Waals surface area contributed by atoms with Crippen molar-refractivity contribution in [2.75, 3.05) is 0 Å². The van der Waals surface area contributed by atoms with Gasteiger partial charge in [0.25, 0.3) is 5.91 Å². The molecule has 17 heteroatoms. The van der Waals surface area contributed by atoms with Gasteiger partial charge in [0.15, 0.2) is 0 Å². The molecular weight excluding hydrogens is 638 g/mol. The highest BCUT2D eigenvalue weighted by molar-refractivity contribution is 9.10. The lowest BCUT2D eigenvalue weighted by atomic mass is 10.1. The van der Waals surface area contributed by atoms with E-state index in [1.54, 1.807) is 23.7 Å². The van der Waals surface area contributed by atoms with Crippen LogP contribution in [-0.4, -0.2) is 27.4 Å². The van der Waals surface area contributed by atoms with Crippen LogP contribution in [0.2, 0.25) is 0 Å². The number of alkyl halides is 6. The molecule has 1 heterocycles. The minimum atomic E-state index is -4.88. The van der Waals surface area contributed by atoms with Crippen molar-refractivity contribution >= 4 is 44.5 Å². The maximum absolute atomic E-state index is 13.7. The second-order valence-electron chi connectivity index (χ2n) is 8.70. The van der Waals surface area contributed by atoms with Crippen molar-refractivity contribution in [1.29, 1.82) is 0 Å². The fourth-order valence-corrected chi connectivity index (χ4v) is 4.75. The molecule has 0 unspecified atom stereocenters. The third-order valence-corrected chi connectivity index (χ3v) is 6.50. The molecule has 0 aliphatic heterocycles. The van der Waals surface area contributed by atoms with Gasteiger partial charge in [-0.25, -0.2) is 10.8 Å². The quantitative estimate of drug-likeness (QED) is 0.0830. The van der Waals surface area contributed by atoms with Gasteiger partial charge in [-0.05, 0) is 70.0 Å². The molecule has 0 saturated carbocycles. The molecule has 42 heavy (non-hydrogen) atoms. The summed E-state index contributed by atoms with van der Waals surface area (Å²) in [6.07, 6.45) is -9.52. The first kappa shape index (κ1) is 30.4. The molecule has 4 rings (SSSR count). The first-order valence-corrected chi connectivity index (χ1v) is 12.5. The summed E-state index contributed by atoms with van der Waals surface area (Å²) in [5, 5.41) is 5.62. The van der Waals surface area contributed by atoms with E-state index in [2.05, 4.69) is 41.5 Å². The maximum atomic E-state index is 13.7. The smallest absolute Gasteiger partial charge is 0.406 e. The topological polar surface area (TPSA) is 137 Å². The Morgan fingerprint density at radius 1 is 1.02 bits per heavy atom. The van der Waals surface area contributed by atoms with E-state index in [-0.39, 0.29) is 39.4 Å². The molecule has 0 spiro atoms. The Labute approximate surface area is 241 Å². The average molecular weight is 659 g/mol. The van der Waals surface area contributed by atoms with Gasteiger partial charge >= 0.3 is 12.5 Å². The van der Waals surface area contributed by atoms with E-state index in [9.17, 15) is 31.1 Å². The maximum Gasteiger partial charge on any atom is 0.573 e. The van der Waals surface area contributed by atoms with Crippen LogP contribution in [0.5, 0.6) is 5.75 Å². The number of fused-ring (bicyclic) bond motifs is 1. The minimum absolute atomic E-state index is 0.0148. The Bertz CT molecular complexity index is 1710. The highest BCUT2D eigenvalue weighted by Crippen LogP contribution is 2.35. The lowest BCUT2D eigenvalue weighted by Crippen LogP contribution is -2.45. The number of ether oxygens (including phenoxy) is 1. The number of imidazole rings is 1. The first-order valence-electron chi connectivity index (χ1n) is 11.7. The standard InChI is InChI=1S/C25H21BrF6N8O2/c1-39-20-18(26)10-15(24(27,28)29)11-19(20)40(23(39)35-16-6-8-17(9-7-16)42-25(30,31)32)12-13-2-4-14(5-3-13)21(41)36-22(37-33)38-34/h2-11H,12,33-34H2,1H3,(H2,36,37,38,41). The number of hydrazine groups is 1. The van der Waals surface area contributed by atoms with Crippen molar-refractivity contribution in [3.05, 3.63) is 87.4 Å². The van der Waals surface area contributed by atoms with Gasteiger partial charge in [0.05, 0.1) is 28.8 Å². The summed E-state index contributed by atoms with van der Waals surface area (Å²) in [5.41, 5.74) is 2.98. The number of carbonyl (C=O) groups is 1. The summed E-state index contributed by atoms with van der Waals surface area (Å²) in [7, 11) is 1.59. The zero-order chi connectivity index (χ0) is 30.8. The number of aromatic nitrogens is 2. The number of nitrogens with one attached hydrogen (secondary N) is 2. The van der Waals surface area contributed by atoms with Crippen LogP contribution in [0.25, 0.3) is 11.0 Å². The number of hydrazone groups is 1. The molecule has 6 N–H and O–H groups in total. The average Bonchev–Trinajstić information content (AvgIpc) is 3.18. The van der Waals surface area contributed by atoms with Crippen molar-refractivity contribution in [1.82, 2.24) is 19.9 Å². The van der Waals surface area contributed by atoms with Crippen LogP contribution in [0, 0.1) is 0 Å². The van der Waals surface area contributed by atoms with Gasteiger partial charge in [0, 0.05) is 17.1 Å². The Balaban J connectivity index is 1.81. The molecule has 3 aromatic carbocycles. The predicted molar refractivity (Wildman–Crippen MR) is 144 cm³/mol. The minimum Gasteiger partial charge on any atom is -0.406 e. The second kappa shape index (κ2) is 11.8. The van der Waals surface area contributed by atoms with Crippen LogP contribution in [0.3, 0.4) is 0 Å². The van der Waals surface area contributed by atoms with Gasteiger partial charge in [-0.3, -0.25) is 15.5 Å². The molecular formula is C25H21BrF6N8O2. The number of hydrogen-bond acceptors (Lipinski definition) is 6. The van der Waals surface area contributed by atoms with Crippen LogP contribution in [0.15, 0.2) is 75.2 Å². The van der Waals surface area contributed by atoms with Crippen molar-refractivity contribution in [2.45, 2.75) is 19.1 Å². The molecule has 0 aliphatic carbocycles. The molecule has 0 saturated heterocycles. The SMILES string of the molecule is Cn1c(=Nc2ccc(OC(F)(F)F)cc2)n(Cc2ccc(C(=O)N/C(=N/N)NN)cc2)c2cc(C(F)(F)F)cc(Br)c21. The van der Waals surface area contributed by atoms with E-state index in [1.807, 2.05) is 0 Å². The molecule has 0 radical (unpaired) electrons. The number of nitrogens with two attached hydrogens (primary N) is 2. The third kappa shape index (κ3) is 6.85. The summed E-state index contributed by atoms with van der Waals surface area (Å²) in [4.78, 5) is 16.9. The number of guanidine groups is 1. The van der Waals surface area contributed by atoms with Crippen molar-refractivity contribution < 1.29 is 35.9 Å². The molecule has 0 bridgehead atoms. The molecule has 0 fully saturated rings. The summed E-state index contributed by atoms with van der Waals surface area (Å²) in [6.45, 7) is 0.0148. The molecule has 1 aromatic heterocycles. The molecule has 1 amide bonds. The van der Waals surface area contributed by atoms with Gasteiger partial charge in [-0.15, -0.1) is 18.3 Å². The van der Waals surface area contributed by atoms with E-state index >= 15 is 0 Å². The number of hydrogen-bond donors (Lipinski definition) is 4. The largest absolute Gasteiger partial charge is 0.573 e. The molecule has 222 valence electrons. The number of rotatable bonds is 5. The van der Waals surface area contributed by atoms with Gasteiger partial charge in [-0.1, -0.05) is 12.1 Å². The molecule has 0 aliphatic rings. The van der Waals surface area contributed by atoms with Gasteiger partial charge in [-0.2, -0.15) is 13.2 Å². The Kier molecular flexibility index (Phi) is 8.53. The normalized spacial score (nSPS) is 13.0. The zero-order valence-electron chi connectivity index (χ0n) is 21.4. The third-order valence-electron chi connectivity index (χ3n) is 5.89. The summed E-state index contributed by atoms with van der Waals surface area (Å²) < 4.78 is 85.9. The van der Waals surface area contributed by atoms with Crippen molar-refractivity contribution in [3.63, 3.8) is 0 Å². The number of nitrogens with zero attached hydrogens (tertiary/aromatic N) is 4. The fraction of sp³-hybridized carbons (Fsp3) is 0.160. The summed E-state index contributed by atoms with van der Waals surface area (Å²) in [5.74, 6) is 9.10. The Hall–Kier alpha value is -4.51. The lowest BCUT2D eigenvalue weighted by molar-refractivity contribution is -0.274. The number of halogens is 7. The van der Waals surface area contributed by atoms with Crippen LogP contribution in [-0.2, 0) is 19.8 Å². The van der Waals surface area contributed by atoms with Crippen molar-refractivity contribution in [2.24, 2.45) is 28.8 Å². The molecule has 0 atom stereocenters. The number of amides is 1. The molecule has 4 aromatic rings. The number of carbonyl (C=O) groups excluding carboxylic acids is 1. The van der Waals surface area contributed by atoms with Gasteiger partial charge in [0.1, 0.15) is 5.75 Å². The van der Waals surface area contributed by atoms with Gasteiger partial charge < -0.3 is 19.7 Å². The number of benzene rings is 3. The number of aryl methyl sites for hydroxylation is 1. The molecule has 10 nitrogen and oxygen atoms in total. The summed E-state index contributed by atoms with van der Waals surface area (Å²) in [6, 6.07) is 12.8. The first-order chi connectivity index (χ1) is 19.7. The predicted octanol–water partition coefficient (Wildman–Crippen LogP) is 4.36. The highest BCUT2D eigenvalue weighted by Gasteiger charge is 2.33. The van der Waals surface area contributed by atoms with Crippen LogP contribution >= 0.6 is 15.9 Å². The monoisotopic (exact) mass is 658 g/mol. The van der Waals surface area contributed by atoms with E-state index in [0.29, 0.717) is 11.1 Å². The summed E-state index contributed by atoms with van der Waals surface area (Å²) >= 11 is 3.23. The second-order valence-corrected chi connectivity index (χ2v) is 9.55. The Morgan fingerprint density at radius 2 is 1.67 bits per heavy atom. The van der Waals surface area contributed by atoms with Crippen molar-refractivity contribution in [3.8, 4) is 5.75 Å².